The zero-order chi connectivity index (χ0) is 12.0. The van der Waals surface area contributed by atoms with E-state index in [1.807, 2.05) is 6.92 Å². The molecule has 0 aliphatic rings. The number of urea groups is 1. The van der Waals surface area contributed by atoms with Gasteiger partial charge >= 0.3 is 6.03 Å². The fourth-order valence-electron chi connectivity index (χ4n) is 1.06. The lowest BCUT2D eigenvalue weighted by Crippen LogP contribution is -2.39. The summed E-state index contributed by atoms with van der Waals surface area (Å²) in [5.41, 5.74) is 0.100. The Bertz CT molecular complexity index is 373. The van der Waals surface area contributed by atoms with Crippen molar-refractivity contribution in [3.63, 3.8) is 0 Å². The van der Waals surface area contributed by atoms with Crippen LogP contribution in [0.25, 0.3) is 0 Å². The number of aryl methyl sites for hydroxylation is 1. The molecule has 1 rings (SSSR count). The van der Waals surface area contributed by atoms with Gasteiger partial charge in [-0.25, -0.2) is 4.79 Å². The first-order valence-corrected chi connectivity index (χ1v) is 5.16. The number of hydrogen-bond acceptors (Lipinski definition) is 4. The van der Waals surface area contributed by atoms with E-state index < -0.39 is 11.9 Å². The van der Waals surface area contributed by atoms with Crippen molar-refractivity contribution in [1.82, 2.24) is 15.8 Å². The molecule has 16 heavy (non-hydrogen) atoms. The molecule has 6 heteroatoms. The SMILES string of the molecule is CCCCNC(=O)NC(=O)c1cc(C)on1. The van der Waals surface area contributed by atoms with Gasteiger partial charge in [0.1, 0.15) is 5.76 Å². The molecule has 1 heterocycles. The molecule has 0 aromatic carbocycles. The van der Waals surface area contributed by atoms with E-state index in [1.54, 1.807) is 6.92 Å². The van der Waals surface area contributed by atoms with E-state index in [1.165, 1.54) is 6.07 Å². The number of unbranched alkanes of at least 4 members (excludes halogenated alkanes) is 1. The van der Waals surface area contributed by atoms with Crippen LogP contribution < -0.4 is 10.6 Å². The summed E-state index contributed by atoms with van der Waals surface area (Å²) in [6, 6.07) is 0.952. The number of rotatable bonds is 4. The van der Waals surface area contributed by atoms with Crippen LogP contribution in [0, 0.1) is 6.92 Å². The number of amides is 3. The van der Waals surface area contributed by atoms with Gasteiger partial charge in [-0.1, -0.05) is 18.5 Å². The Hall–Kier alpha value is -1.85. The quantitative estimate of drug-likeness (QED) is 0.754. The maximum Gasteiger partial charge on any atom is 0.321 e. The first-order chi connectivity index (χ1) is 7.63. The minimum absolute atomic E-state index is 0.100. The molecule has 1 aromatic heterocycles. The van der Waals surface area contributed by atoms with Gasteiger partial charge in [0, 0.05) is 12.6 Å². The molecule has 2 N–H and O–H groups in total. The minimum atomic E-state index is -0.564. The van der Waals surface area contributed by atoms with Crippen molar-refractivity contribution >= 4 is 11.9 Å². The van der Waals surface area contributed by atoms with Crippen molar-refractivity contribution in [3.8, 4) is 0 Å². The third-order valence-electron chi connectivity index (χ3n) is 1.90. The lowest BCUT2D eigenvalue weighted by atomic mass is 10.3. The number of nitrogens with zero attached hydrogens (tertiary/aromatic N) is 1. The van der Waals surface area contributed by atoms with Crippen molar-refractivity contribution in [2.45, 2.75) is 26.7 Å². The summed E-state index contributed by atoms with van der Waals surface area (Å²) in [5, 5.41) is 8.22. The van der Waals surface area contributed by atoms with Gasteiger partial charge in [-0.2, -0.15) is 0 Å². The molecule has 0 spiro atoms. The number of hydrogen-bond donors (Lipinski definition) is 2. The summed E-state index contributed by atoms with van der Waals surface area (Å²) in [5.74, 6) is -0.0395. The zero-order valence-electron chi connectivity index (χ0n) is 9.37. The van der Waals surface area contributed by atoms with Crippen LogP contribution in [-0.2, 0) is 0 Å². The standard InChI is InChI=1S/C10H15N3O3/c1-3-4-5-11-10(15)12-9(14)8-6-7(2)16-13-8/h6H,3-5H2,1-2H3,(H2,11,12,14,15). The molecule has 3 amide bonds. The Balaban J connectivity index is 2.37. The predicted octanol–water partition coefficient (Wildman–Crippen LogP) is 1.22. The molecule has 0 atom stereocenters. The second-order valence-corrected chi connectivity index (χ2v) is 3.39. The van der Waals surface area contributed by atoms with Crippen LogP contribution in [0.5, 0.6) is 0 Å². The summed E-state index contributed by atoms with van der Waals surface area (Å²) in [6.45, 7) is 4.24. The van der Waals surface area contributed by atoms with E-state index in [9.17, 15) is 9.59 Å². The van der Waals surface area contributed by atoms with Crippen molar-refractivity contribution < 1.29 is 14.1 Å². The van der Waals surface area contributed by atoms with Crippen LogP contribution in [0.2, 0.25) is 0 Å². The number of carbonyl (C=O) groups is 2. The van der Waals surface area contributed by atoms with Gasteiger partial charge in [-0.05, 0) is 13.3 Å². The average Bonchev–Trinajstić information content (AvgIpc) is 2.65. The highest BCUT2D eigenvalue weighted by Gasteiger charge is 2.13. The van der Waals surface area contributed by atoms with Crippen LogP contribution in [0.4, 0.5) is 4.79 Å². The molecule has 0 radical (unpaired) electrons. The lowest BCUT2D eigenvalue weighted by molar-refractivity contribution is 0.0955. The first-order valence-electron chi connectivity index (χ1n) is 5.16. The topological polar surface area (TPSA) is 84.2 Å². The summed E-state index contributed by atoms with van der Waals surface area (Å²) in [7, 11) is 0. The Kier molecular flexibility index (Phi) is 4.50. The van der Waals surface area contributed by atoms with Crippen molar-refractivity contribution in [3.05, 3.63) is 17.5 Å². The number of carbonyl (C=O) groups excluding carboxylic acids is 2. The van der Waals surface area contributed by atoms with Gasteiger partial charge in [0.25, 0.3) is 5.91 Å². The molecule has 0 aliphatic heterocycles. The fourth-order valence-corrected chi connectivity index (χ4v) is 1.06. The van der Waals surface area contributed by atoms with Gasteiger partial charge in [-0.3, -0.25) is 10.1 Å². The van der Waals surface area contributed by atoms with Crippen LogP contribution in [-0.4, -0.2) is 23.6 Å². The molecule has 1 aromatic rings. The maximum absolute atomic E-state index is 11.4. The van der Waals surface area contributed by atoms with E-state index in [-0.39, 0.29) is 5.69 Å². The van der Waals surface area contributed by atoms with Gasteiger partial charge in [0.2, 0.25) is 0 Å². The Labute approximate surface area is 93.4 Å². The third kappa shape index (κ3) is 3.72. The van der Waals surface area contributed by atoms with Crippen LogP contribution in [0.1, 0.15) is 36.0 Å². The van der Waals surface area contributed by atoms with Crippen LogP contribution in [0.15, 0.2) is 10.6 Å². The zero-order valence-corrected chi connectivity index (χ0v) is 9.37. The summed E-state index contributed by atoms with van der Waals surface area (Å²) in [4.78, 5) is 22.6. The van der Waals surface area contributed by atoms with Gasteiger partial charge in [0.05, 0.1) is 0 Å². The molecule has 0 saturated carbocycles. The van der Waals surface area contributed by atoms with Gasteiger partial charge in [0.15, 0.2) is 5.69 Å². The Morgan fingerprint density at radius 1 is 1.50 bits per heavy atom. The highest BCUT2D eigenvalue weighted by Crippen LogP contribution is 2.00. The molecule has 0 aliphatic carbocycles. The number of nitrogens with one attached hydrogen (secondary N) is 2. The van der Waals surface area contributed by atoms with Gasteiger partial charge < -0.3 is 9.84 Å². The molecule has 0 saturated heterocycles. The van der Waals surface area contributed by atoms with Crippen LogP contribution in [0.3, 0.4) is 0 Å². The highest BCUT2D eigenvalue weighted by molar-refractivity contribution is 6.02. The lowest BCUT2D eigenvalue weighted by Gasteiger charge is -2.03. The summed E-state index contributed by atoms with van der Waals surface area (Å²) >= 11 is 0. The molecule has 88 valence electrons. The Morgan fingerprint density at radius 3 is 2.81 bits per heavy atom. The Morgan fingerprint density at radius 2 is 2.25 bits per heavy atom. The first kappa shape index (κ1) is 12.2. The largest absolute Gasteiger partial charge is 0.361 e. The molecule has 0 fully saturated rings. The second-order valence-electron chi connectivity index (χ2n) is 3.39. The molecule has 0 unspecified atom stereocenters. The molecular weight excluding hydrogens is 210 g/mol. The third-order valence-corrected chi connectivity index (χ3v) is 1.90. The van der Waals surface area contributed by atoms with Crippen LogP contribution >= 0.6 is 0 Å². The van der Waals surface area contributed by atoms with E-state index in [0.29, 0.717) is 12.3 Å². The average molecular weight is 225 g/mol. The number of imide groups is 1. The smallest absolute Gasteiger partial charge is 0.321 e. The van der Waals surface area contributed by atoms with Crippen molar-refractivity contribution in [1.29, 1.82) is 0 Å². The van der Waals surface area contributed by atoms with Crippen molar-refractivity contribution in [2.24, 2.45) is 0 Å². The maximum atomic E-state index is 11.4. The minimum Gasteiger partial charge on any atom is -0.361 e. The fraction of sp³-hybridized carbons (Fsp3) is 0.500. The molecular formula is C10H15N3O3. The second kappa shape index (κ2) is 5.89. The van der Waals surface area contributed by atoms with Gasteiger partial charge in [-0.15, -0.1) is 0 Å². The predicted molar refractivity (Wildman–Crippen MR) is 57.0 cm³/mol. The molecule has 0 bridgehead atoms. The van der Waals surface area contributed by atoms with Crippen molar-refractivity contribution in [2.75, 3.05) is 6.54 Å². The van der Waals surface area contributed by atoms with E-state index >= 15 is 0 Å². The van der Waals surface area contributed by atoms with E-state index in [0.717, 1.165) is 12.8 Å². The normalized spacial score (nSPS) is 9.88. The number of aromatic nitrogens is 1. The summed E-state index contributed by atoms with van der Waals surface area (Å²) in [6.07, 6.45) is 1.86. The molecule has 6 nitrogen and oxygen atoms in total. The van der Waals surface area contributed by atoms with E-state index in [2.05, 4.69) is 15.8 Å². The highest BCUT2D eigenvalue weighted by atomic mass is 16.5. The monoisotopic (exact) mass is 225 g/mol. The van der Waals surface area contributed by atoms with E-state index in [4.69, 9.17) is 4.52 Å². The summed E-state index contributed by atoms with van der Waals surface area (Å²) < 4.78 is 4.72.